The minimum atomic E-state index is -0.543. The number of hydrogen-bond acceptors (Lipinski definition) is 3. The highest BCUT2D eigenvalue weighted by Gasteiger charge is 2.17. The van der Waals surface area contributed by atoms with Gasteiger partial charge in [-0.05, 0) is 38.5 Å². The van der Waals surface area contributed by atoms with E-state index in [1.54, 1.807) is 33.0 Å². The summed E-state index contributed by atoms with van der Waals surface area (Å²) >= 11 is 0. The maximum absolute atomic E-state index is 13.5. The summed E-state index contributed by atoms with van der Waals surface area (Å²) in [5, 5.41) is 0.773. The molecule has 0 saturated heterocycles. The smallest absolute Gasteiger partial charge is 0.310 e. The van der Waals surface area contributed by atoms with Gasteiger partial charge < -0.3 is 4.74 Å². The number of halogens is 1. The van der Waals surface area contributed by atoms with E-state index in [0.717, 1.165) is 5.39 Å². The lowest BCUT2D eigenvalue weighted by Gasteiger charge is -2.19. The van der Waals surface area contributed by atoms with Gasteiger partial charge in [-0.1, -0.05) is 6.07 Å². The molecule has 3 nitrogen and oxygen atoms in total. The zero-order valence-electron chi connectivity index (χ0n) is 11.2. The zero-order valence-corrected chi connectivity index (χ0v) is 11.2. The van der Waals surface area contributed by atoms with Crippen LogP contribution in [0, 0.1) is 5.82 Å². The first kappa shape index (κ1) is 13.5. The Kier molecular flexibility index (Phi) is 3.51. The number of carbonyl (C=O) groups is 1. The molecule has 0 amide bonds. The van der Waals surface area contributed by atoms with E-state index in [-0.39, 0.29) is 12.4 Å². The van der Waals surface area contributed by atoms with Gasteiger partial charge in [-0.25, -0.2) is 4.39 Å². The molecule has 0 unspecified atom stereocenters. The molecule has 0 fully saturated rings. The number of ether oxygens (including phenoxy) is 1. The molecule has 2 aromatic rings. The fraction of sp³-hybridized carbons (Fsp3) is 0.333. The topological polar surface area (TPSA) is 39.2 Å². The highest BCUT2D eigenvalue weighted by molar-refractivity contribution is 5.86. The van der Waals surface area contributed by atoms with Gasteiger partial charge in [-0.2, -0.15) is 0 Å². The van der Waals surface area contributed by atoms with Crippen LogP contribution in [-0.4, -0.2) is 16.6 Å². The second-order valence-electron chi connectivity index (χ2n) is 5.40. The van der Waals surface area contributed by atoms with Crippen LogP contribution < -0.4 is 0 Å². The molecule has 2 rings (SSSR count). The van der Waals surface area contributed by atoms with E-state index in [2.05, 4.69) is 4.98 Å². The van der Waals surface area contributed by atoms with Gasteiger partial charge in [0.05, 0.1) is 11.9 Å². The van der Waals surface area contributed by atoms with Crippen molar-refractivity contribution >= 4 is 16.9 Å². The number of esters is 1. The first-order chi connectivity index (χ1) is 8.85. The molecule has 1 aromatic carbocycles. The third-order valence-electron chi connectivity index (χ3n) is 2.53. The highest BCUT2D eigenvalue weighted by atomic mass is 19.1. The fourth-order valence-electron chi connectivity index (χ4n) is 1.90. The van der Waals surface area contributed by atoms with Crippen LogP contribution in [0.4, 0.5) is 4.39 Å². The SMILES string of the molecule is CC(C)(C)OC(=O)Cc1cc(F)cc2ncccc12. The summed E-state index contributed by atoms with van der Waals surface area (Å²) in [5.41, 5.74) is 0.594. The molecule has 0 aliphatic rings. The normalized spacial score (nSPS) is 11.6. The Balaban J connectivity index is 2.32. The third kappa shape index (κ3) is 3.50. The molecule has 100 valence electrons. The van der Waals surface area contributed by atoms with Gasteiger partial charge in [-0.3, -0.25) is 9.78 Å². The van der Waals surface area contributed by atoms with Crippen LogP contribution in [0.3, 0.4) is 0 Å². The number of aromatic nitrogens is 1. The molecule has 0 radical (unpaired) electrons. The molecule has 4 heteroatoms. The summed E-state index contributed by atoms with van der Waals surface area (Å²) in [5.74, 6) is -0.770. The Morgan fingerprint density at radius 2 is 2.11 bits per heavy atom. The monoisotopic (exact) mass is 261 g/mol. The average molecular weight is 261 g/mol. The molecule has 1 aromatic heterocycles. The van der Waals surface area contributed by atoms with Crippen LogP contribution >= 0.6 is 0 Å². The van der Waals surface area contributed by atoms with Crippen molar-refractivity contribution in [1.82, 2.24) is 4.98 Å². The standard InChI is InChI=1S/C15H16FNO2/c1-15(2,3)19-14(18)8-10-7-11(16)9-13-12(10)5-4-6-17-13/h4-7,9H,8H2,1-3H3. The first-order valence-corrected chi connectivity index (χ1v) is 6.10. The molecule has 0 aliphatic carbocycles. The van der Waals surface area contributed by atoms with Crippen LogP contribution in [0.5, 0.6) is 0 Å². The third-order valence-corrected chi connectivity index (χ3v) is 2.53. The van der Waals surface area contributed by atoms with Gasteiger partial charge in [0, 0.05) is 17.6 Å². The Bertz CT molecular complexity index is 617. The first-order valence-electron chi connectivity index (χ1n) is 6.10. The average Bonchev–Trinajstić information content (AvgIpc) is 2.25. The number of benzene rings is 1. The highest BCUT2D eigenvalue weighted by Crippen LogP contribution is 2.20. The quantitative estimate of drug-likeness (QED) is 0.779. The summed E-state index contributed by atoms with van der Waals surface area (Å²) in [4.78, 5) is 15.9. The van der Waals surface area contributed by atoms with Crippen LogP contribution in [0.1, 0.15) is 26.3 Å². The molecule has 0 saturated carbocycles. The minimum absolute atomic E-state index is 0.0389. The van der Waals surface area contributed by atoms with Gasteiger partial charge >= 0.3 is 5.97 Å². The van der Waals surface area contributed by atoms with E-state index < -0.39 is 11.4 Å². The Hall–Kier alpha value is -1.97. The molecule has 0 atom stereocenters. The van der Waals surface area contributed by atoms with Crippen molar-refractivity contribution < 1.29 is 13.9 Å². The lowest BCUT2D eigenvalue weighted by atomic mass is 10.1. The molecule has 0 spiro atoms. The van der Waals surface area contributed by atoms with Crippen molar-refractivity contribution in [3.8, 4) is 0 Å². The maximum atomic E-state index is 13.5. The van der Waals surface area contributed by atoms with Crippen LogP contribution in [0.15, 0.2) is 30.5 Å². The summed E-state index contributed by atoms with van der Waals surface area (Å²) in [6, 6.07) is 6.29. The van der Waals surface area contributed by atoms with Crippen molar-refractivity contribution in [2.45, 2.75) is 32.8 Å². The predicted octanol–water partition coefficient (Wildman–Crippen LogP) is 3.26. The number of rotatable bonds is 2. The summed E-state index contributed by atoms with van der Waals surface area (Å²) in [6.07, 6.45) is 1.64. The molecule has 0 bridgehead atoms. The number of hydrogen-bond donors (Lipinski definition) is 0. The van der Waals surface area contributed by atoms with E-state index in [1.165, 1.54) is 12.1 Å². The van der Waals surface area contributed by atoms with Crippen molar-refractivity contribution in [2.24, 2.45) is 0 Å². The summed E-state index contributed by atoms with van der Waals surface area (Å²) in [6.45, 7) is 5.41. The van der Waals surface area contributed by atoms with E-state index in [0.29, 0.717) is 11.1 Å². The van der Waals surface area contributed by atoms with Gasteiger partial charge in [0.2, 0.25) is 0 Å². The lowest BCUT2D eigenvalue weighted by Crippen LogP contribution is -2.25. The number of carbonyl (C=O) groups excluding carboxylic acids is 1. The maximum Gasteiger partial charge on any atom is 0.310 e. The molecule has 19 heavy (non-hydrogen) atoms. The minimum Gasteiger partial charge on any atom is -0.460 e. The predicted molar refractivity (Wildman–Crippen MR) is 71.3 cm³/mol. The van der Waals surface area contributed by atoms with Crippen molar-refractivity contribution in [3.05, 3.63) is 41.8 Å². The Morgan fingerprint density at radius 3 is 2.79 bits per heavy atom. The van der Waals surface area contributed by atoms with Gasteiger partial charge in [0.15, 0.2) is 0 Å². The van der Waals surface area contributed by atoms with Crippen molar-refractivity contribution in [2.75, 3.05) is 0 Å². The van der Waals surface area contributed by atoms with E-state index in [1.807, 2.05) is 6.07 Å². The van der Waals surface area contributed by atoms with Gasteiger partial charge in [0.25, 0.3) is 0 Å². The van der Waals surface area contributed by atoms with Crippen LogP contribution in [0.2, 0.25) is 0 Å². The second-order valence-corrected chi connectivity index (χ2v) is 5.40. The lowest BCUT2D eigenvalue weighted by molar-refractivity contribution is -0.153. The van der Waals surface area contributed by atoms with Gasteiger partial charge in [-0.15, -0.1) is 0 Å². The Morgan fingerprint density at radius 1 is 1.37 bits per heavy atom. The number of nitrogens with zero attached hydrogens (tertiary/aromatic N) is 1. The molecule has 1 heterocycles. The molecule has 0 N–H and O–H groups in total. The molecule has 0 aliphatic heterocycles. The molecular weight excluding hydrogens is 245 g/mol. The molecular formula is C15H16FNO2. The summed E-state index contributed by atoms with van der Waals surface area (Å²) < 4.78 is 18.7. The van der Waals surface area contributed by atoms with E-state index >= 15 is 0 Å². The van der Waals surface area contributed by atoms with Crippen molar-refractivity contribution in [3.63, 3.8) is 0 Å². The number of fused-ring (bicyclic) bond motifs is 1. The summed E-state index contributed by atoms with van der Waals surface area (Å²) in [7, 11) is 0. The van der Waals surface area contributed by atoms with Crippen LogP contribution in [0.25, 0.3) is 10.9 Å². The zero-order chi connectivity index (χ0) is 14.0. The second kappa shape index (κ2) is 4.96. The van der Waals surface area contributed by atoms with Gasteiger partial charge in [0.1, 0.15) is 11.4 Å². The van der Waals surface area contributed by atoms with E-state index in [9.17, 15) is 9.18 Å². The van der Waals surface area contributed by atoms with E-state index in [4.69, 9.17) is 4.74 Å². The van der Waals surface area contributed by atoms with Crippen molar-refractivity contribution in [1.29, 1.82) is 0 Å². The Labute approximate surface area is 111 Å². The van der Waals surface area contributed by atoms with Crippen LogP contribution in [-0.2, 0) is 16.0 Å². The number of pyridine rings is 1. The fourth-order valence-corrected chi connectivity index (χ4v) is 1.90. The largest absolute Gasteiger partial charge is 0.460 e.